The summed E-state index contributed by atoms with van der Waals surface area (Å²) in [7, 11) is 1.46. The molecule has 3 aliphatic rings. The van der Waals surface area contributed by atoms with Crippen molar-refractivity contribution in [1.82, 2.24) is 5.32 Å². The fourth-order valence-electron chi connectivity index (χ4n) is 3.82. The molecule has 146 valence electrons. The van der Waals surface area contributed by atoms with E-state index >= 15 is 0 Å². The van der Waals surface area contributed by atoms with E-state index in [1.807, 2.05) is 0 Å². The number of carbonyl (C=O) groups is 1. The number of rotatable bonds is 5. The molecule has 10 heteroatoms. The predicted molar refractivity (Wildman–Crippen MR) is 89.2 cm³/mol. The third-order valence-corrected chi connectivity index (χ3v) is 5.02. The first-order valence-corrected chi connectivity index (χ1v) is 9.09. The van der Waals surface area contributed by atoms with Gasteiger partial charge in [-0.25, -0.2) is 4.79 Å². The maximum atomic E-state index is 12.4. The second kappa shape index (κ2) is 8.88. The molecule has 26 heavy (non-hydrogen) atoms. The number of ether oxygens (including phenoxy) is 5. The van der Waals surface area contributed by atoms with E-state index in [4.69, 9.17) is 29.2 Å². The molecule has 0 bridgehead atoms. The van der Waals surface area contributed by atoms with E-state index < -0.39 is 43.1 Å². The third kappa shape index (κ3) is 4.39. The zero-order valence-electron chi connectivity index (χ0n) is 15.1. The van der Waals surface area contributed by atoms with E-state index in [1.165, 1.54) is 13.5 Å². The average molecular weight is 370 g/mol. The maximum Gasteiger partial charge on any atom is 0.407 e. The van der Waals surface area contributed by atoms with Gasteiger partial charge in [0.25, 0.3) is 0 Å². The second-order valence-corrected chi connectivity index (χ2v) is 6.81. The van der Waals surface area contributed by atoms with Crippen LogP contribution in [0, 0.1) is 0 Å². The van der Waals surface area contributed by atoms with Crippen LogP contribution in [0.5, 0.6) is 0 Å². The Morgan fingerprint density at radius 2 is 1.96 bits per heavy atom. The Kier molecular flexibility index (Phi) is 6.55. The zero-order valence-corrected chi connectivity index (χ0v) is 15.1. The molecule has 1 unspecified atom stereocenters. The van der Waals surface area contributed by atoms with Gasteiger partial charge in [0, 0.05) is 18.1 Å². The maximum absolute atomic E-state index is 12.4. The van der Waals surface area contributed by atoms with Gasteiger partial charge in [-0.2, -0.15) is 0 Å². The van der Waals surface area contributed by atoms with Gasteiger partial charge in [-0.1, -0.05) is 24.4 Å². The van der Waals surface area contributed by atoms with Crippen LogP contribution in [0.25, 0.3) is 10.4 Å². The van der Waals surface area contributed by atoms with Crippen LogP contribution in [0.1, 0.15) is 39.0 Å². The van der Waals surface area contributed by atoms with Crippen molar-refractivity contribution in [3.63, 3.8) is 0 Å². The number of azide groups is 1. The van der Waals surface area contributed by atoms with Gasteiger partial charge in [-0.15, -0.1) is 0 Å². The smallest absolute Gasteiger partial charge is 0.407 e. The highest BCUT2D eigenvalue weighted by Gasteiger charge is 2.54. The summed E-state index contributed by atoms with van der Waals surface area (Å²) >= 11 is 0. The van der Waals surface area contributed by atoms with Crippen LogP contribution in [-0.2, 0) is 23.7 Å². The molecule has 3 rings (SSSR count). The highest BCUT2D eigenvalue weighted by Crippen LogP contribution is 2.34. The number of hydrogen-bond acceptors (Lipinski definition) is 7. The molecule has 0 radical (unpaired) electrons. The lowest BCUT2D eigenvalue weighted by Crippen LogP contribution is -2.59. The molecule has 6 atom stereocenters. The number of nitrogens with zero attached hydrogens (tertiary/aromatic N) is 3. The van der Waals surface area contributed by atoms with Crippen LogP contribution in [0.4, 0.5) is 4.79 Å². The van der Waals surface area contributed by atoms with Crippen molar-refractivity contribution in [2.45, 2.75) is 82.1 Å². The first-order chi connectivity index (χ1) is 12.6. The molecular formula is C16H26N4O6. The summed E-state index contributed by atoms with van der Waals surface area (Å²) in [6.07, 6.45) is 1.14. The van der Waals surface area contributed by atoms with Gasteiger partial charge >= 0.3 is 6.09 Å². The molecule has 0 aromatic rings. The van der Waals surface area contributed by atoms with Crippen molar-refractivity contribution < 1.29 is 28.5 Å². The largest absolute Gasteiger partial charge is 0.438 e. The Balaban J connectivity index is 1.66. The van der Waals surface area contributed by atoms with Crippen LogP contribution in [-0.4, -0.2) is 62.8 Å². The Morgan fingerprint density at radius 3 is 2.65 bits per heavy atom. The summed E-state index contributed by atoms with van der Waals surface area (Å²) < 4.78 is 28.3. The summed E-state index contributed by atoms with van der Waals surface area (Å²) in [4.78, 5) is 15.1. The quantitative estimate of drug-likeness (QED) is 0.449. The Bertz CT molecular complexity index is 537. The van der Waals surface area contributed by atoms with Crippen molar-refractivity contribution in [2.75, 3.05) is 13.7 Å². The van der Waals surface area contributed by atoms with E-state index in [-0.39, 0.29) is 12.6 Å². The molecule has 1 N–H and O–H groups in total. The summed E-state index contributed by atoms with van der Waals surface area (Å²) in [5, 5.41) is 6.47. The lowest BCUT2D eigenvalue weighted by atomic mass is 9.96. The van der Waals surface area contributed by atoms with Gasteiger partial charge < -0.3 is 29.0 Å². The van der Waals surface area contributed by atoms with E-state index in [0.717, 1.165) is 25.7 Å². The van der Waals surface area contributed by atoms with Gasteiger partial charge in [0.2, 0.25) is 0 Å². The molecule has 0 spiro atoms. The standard InChI is InChI=1S/C16H26N4O6/c1-9-23-12-11(8-18-20-17)25-15(22-2)14(13(12)24-9)26-16(21)19-10-6-4-3-5-7-10/h9-15H,3-8H2,1-2H3,(H,19,21)/t9?,11-,12-,13-,14+,15+/m1/s1. The molecule has 2 heterocycles. The van der Waals surface area contributed by atoms with E-state index in [9.17, 15) is 4.79 Å². The highest BCUT2D eigenvalue weighted by molar-refractivity contribution is 5.68. The van der Waals surface area contributed by atoms with Crippen LogP contribution in [0.3, 0.4) is 0 Å². The van der Waals surface area contributed by atoms with Crippen LogP contribution in [0.2, 0.25) is 0 Å². The third-order valence-electron chi connectivity index (χ3n) is 5.02. The molecule has 1 amide bonds. The SMILES string of the molecule is CO[C@H]1O[C@H](CN=[N+]=[N-])[C@H]2OC(C)O[C@H]2[C@@H]1OC(=O)NC1CCCCC1. The topological polar surface area (TPSA) is 124 Å². The van der Waals surface area contributed by atoms with Gasteiger partial charge in [-0.05, 0) is 25.3 Å². The minimum absolute atomic E-state index is 0.0780. The first-order valence-electron chi connectivity index (χ1n) is 9.09. The summed E-state index contributed by atoms with van der Waals surface area (Å²) in [6, 6.07) is 0.134. The van der Waals surface area contributed by atoms with Crippen LogP contribution >= 0.6 is 0 Å². The summed E-state index contributed by atoms with van der Waals surface area (Å²) in [6.45, 7) is 1.83. The van der Waals surface area contributed by atoms with Gasteiger partial charge in [0.05, 0.1) is 12.6 Å². The van der Waals surface area contributed by atoms with Crippen molar-refractivity contribution >= 4 is 6.09 Å². The van der Waals surface area contributed by atoms with Gasteiger partial charge in [0.15, 0.2) is 18.7 Å². The Labute approximate surface area is 152 Å². The second-order valence-electron chi connectivity index (χ2n) is 6.81. The Hall–Kier alpha value is -1.58. The number of amides is 1. The minimum Gasteiger partial charge on any atom is -0.438 e. The predicted octanol–water partition coefficient (Wildman–Crippen LogP) is 2.23. The van der Waals surface area contributed by atoms with Crippen molar-refractivity contribution in [1.29, 1.82) is 0 Å². The molecule has 10 nitrogen and oxygen atoms in total. The number of methoxy groups -OCH3 is 1. The van der Waals surface area contributed by atoms with E-state index in [2.05, 4.69) is 15.3 Å². The minimum atomic E-state index is -0.832. The monoisotopic (exact) mass is 370 g/mol. The highest BCUT2D eigenvalue weighted by atomic mass is 16.8. The lowest BCUT2D eigenvalue weighted by molar-refractivity contribution is -0.265. The normalized spacial score (nSPS) is 37.5. The number of nitrogens with one attached hydrogen (secondary N) is 1. The van der Waals surface area contributed by atoms with E-state index in [1.54, 1.807) is 6.92 Å². The summed E-state index contributed by atoms with van der Waals surface area (Å²) in [5.74, 6) is 0. The Morgan fingerprint density at radius 1 is 1.23 bits per heavy atom. The summed E-state index contributed by atoms with van der Waals surface area (Å²) in [5.41, 5.74) is 8.56. The van der Waals surface area contributed by atoms with E-state index in [0.29, 0.717) is 0 Å². The fourth-order valence-corrected chi connectivity index (χ4v) is 3.82. The fraction of sp³-hybridized carbons (Fsp3) is 0.938. The van der Waals surface area contributed by atoms with Gasteiger partial charge in [0.1, 0.15) is 12.2 Å². The molecule has 1 saturated carbocycles. The molecular weight excluding hydrogens is 344 g/mol. The number of hydrogen-bond donors (Lipinski definition) is 1. The molecule has 2 saturated heterocycles. The van der Waals surface area contributed by atoms with Crippen LogP contribution in [0.15, 0.2) is 5.11 Å². The molecule has 3 fully saturated rings. The van der Waals surface area contributed by atoms with Gasteiger partial charge in [-0.3, -0.25) is 0 Å². The molecule has 0 aromatic heterocycles. The lowest BCUT2D eigenvalue weighted by Gasteiger charge is -2.40. The number of fused-ring (bicyclic) bond motifs is 1. The number of carbonyl (C=O) groups excluding carboxylic acids is 1. The number of alkyl carbamates (subject to hydrolysis) is 1. The zero-order chi connectivity index (χ0) is 18.5. The molecule has 2 aliphatic heterocycles. The first kappa shape index (κ1) is 19.2. The van der Waals surface area contributed by atoms with Crippen molar-refractivity contribution in [3.8, 4) is 0 Å². The average Bonchev–Trinajstić information content (AvgIpc) is 3.03. The van der Waals surface area contributed by atoms with Crippen molar-refractivity contribution in [2.24, 2.45) is 5.11 Å². The van der Waals surface area contributed by atoms with Crippen LogP contribution < -0.4 is 5.32 Å². The molecule has 0 aromatic carbocycles. The van der Waals surface area contributed by atoms with Crippen molar-refractivity contribution in [3.05, 3.63) is 10.4 Å². The molecule has 1 aliphatic carbocycles.